The Hall–Kier alpha value is -7.94. The molecule has 2 atom stereocenters. The van der Waals surface area contributed by atoms with E-state index in [-0.39, 0.29) is 11.5 Å². The Morgan fingerprint density at radius 3 is 1.70 bits per heavy atom. The van der Waals surface area contributed by atoms with Crippen molar-refractivity contribution in [3.8, 4) is 62.5 Å². The highest BCUT2D eigenvalue weighted by molar-refractivity contribution is 6.06. The molecular formula is C55H37N5. The van der Waals surface area contributed by atoms with Gasteiger partial charge in [0.05, 0.1) is 23.4 Å². The molecule has 2 heterocycles. The molecule has 1 aliphatic carbocycles. The molecule has 9 aromatic rings. The molecule has 0 fully saturated rings. The van der Waals surface area contributed by atoms with Gasteiger partial charge in [-0.15, -0.1) is 0 Å². The van der Waals surface area contributed by atoms with Crippen molar-refractivity contribution in [2.24, 2.45) is 0 Å². The molecule has 0 N–H and O–H groups in total. The minimum absolute atomic E-state index is 0.0552. The van der Waals surface area contributed by atoms with E-state index in [4.69, 9.17) is 15.0 Å². The molecule has 0 radical (unpaired) electrons. The molecule has 11 rings (SSSR count). The van der Waals surface area contributed by atoms with Gasteiger partial charge in [0, 0.05) is 33.2 Å². The molecule has 60 heavy (non-hydrogen) atoms. The Labute approximate surface area is 348 Å². The summed E-state index contributed by atoms with van der Waals surface area (Å²) >= 11 is 0. The van der Waals surface area contributed by atoms with Gasteiger partial charge in [-0.1, -0.05) is 182 Å². The predicted octanol–water partition coefficient (Wildman–Crippen LogP) is 13.3. The first-order valence-electron chi connectivity index (χ1n) is 20.3. The molecule has 0 spiro atoms. The van der Waals surface area contributed by atoms with Crippen LogP contribution in [0.3, 0.4) is 0 Å². The number of benzene rings is 8. The molecular weight excluding hydrogens is 731 g/mol. The number of nitriles is 1. The summed E-state index contributed by atoms with van der Waals surface area (Å²) in [6, 6.07) is 63.6. The second-order valence-electron chi connectivity index (χ2n) is 15.7. The van der Waals surface area contributed by atoms with Gasteiger partial charge in [-0.25, -0.2) is 15.0 Å². The highest BCUT2D eigenvalue weighted by Crippen LogP contribution is 2.54. The van der Waals surface area contributed by atoms with Crippen molar-refractivity contribution >= 4 is 32.9 Å². The number of hydrogen-bond acceptors (Lipinski definition) is 5. The first-order chi connectivity index (χ1) is 29.6. The first kappa shape index (κ1) is 35.2. The van der Waals surface area contributed by atoms with Gasteiger partial charge in [0.15, 0.2) is 17.5 Å². The number of aromatic nitrogens is 3. The molecule has 1 aromatic heterocycles. The van der Waals surface area contributed by atoms with Gasteiger partial charge in [0.1, 0.15) is 0 Å². The third kappa shape index (κ3) is 5.81. The second kappa shape index (κ2) is 14.2. The van der Waals surface area contributed by atoms with Gasteiger partial charge >= 0.3 is 0 Å². The number of anilines is 2. The fourth-order valence-corrected chi connectivity index (χ4v) is 9.21. The lowest BCUT2D eigenvalue weighted by Gasteiger charge is -2.35. The van der Waals surface area contributed by atoms with Crippen molar-refractivity contribution in [2.45, 2.75) is 18.4 Å². The van der Waals surface area contributed by atoms with E-state index in [2.05, 4.69) is 145 Å². The topological polar surface area (TPSA) is 65.7 Å². The summed E-state index contributed by atoms with van der Waals surface area (Å²) < 4.78 is 0. The van der Waals surface area contributed by atoms with E-state index in [9.17, 15) is 5.26 Å². The van der Waals surface area contributed by atoms with E-state index >= 15 is 0 Å². The summed E-state index contributed by atoms with van der Waals surface area (Å²) in [6.45, 7) is 2.33. The quantitative estimate of drug-likeness (QED) is 0.169. The Kier molecular flexibility index (Phi) is 8.32. The van der Waals surface area contributed by atoms with Crippen molar-refractivity contribution in [1.82, 2.24) is 15.0 Å². The monoisotopic (exact) mass is 767 g/mol. The van der Waals surface area contributed by atoms with Crippen molar-refractivity contribution in [2.75, 3.05) is 4.90 Å². The Balaban J connectivity index is 1.00. The normalized spacial score (nSPS) is 16.5. The van der Waals surface area contributed by atoms with Crippen molar-refractivity contribution in [3.05, 3.63) is 211 Å². The molecule has 5 nitrogen and oxygen atoms in total. The van der Waals surface area contributed by atoms with Gasteiger partial charge in [-0.2, -0.15) is 5.26 Å². The number of allylic oxidation sites excluding steroid dienone is 2. The third-order valence-corrected chi connectivity index (χ3v) is 12.2. The van der Waals surface area contributed by atoms with Gasteiger partial charge in [-0.3, -0.25) is 0 Å². The van der Waals surface area contributed by atoms with Crippen LogP contribution in [0.5, 0.6) is 0 Å². The average molecular weight is 768 g/mol. The summed E-state index contributed by atoms with van der Waals surface area (Å²) in [7, 11) is 0. The van der Waals surface area contributed by atoms with Crippen LogP contribution >= 0.6 is 0 Å². The number of fused-ring (bicyclic) bond motifs is 6. The zero-order valence-electron chi connectivity index (χ0n) is 32.9. The van der Waals surface area contributed by atoms with E-state index in [1.54, 1.807) is 0 Å². The highest BCUT2D eigenvalue weighted by atomic mass is 15.2. The SMILES string of the molecule is CC12C=CC=CC1N(c1cc(C#N)cc(-c3ccc(-c4ccc(-c5nc(-c6ccccc6)nc(-c6ccccc6)n5)cc4)c4ccccc34)c1)c1c2ccc2ccccc12. The van der Waals surface area contributed by atoms with E-state index < -0.39 is 0 Å². The molecule has 5 heteroatoms. The zero-order chi connectivity index (χ0) is 40.2. The lowest BCUT2D eigenvalue weighted by molar-refractivity contribution is 0.551. The van der Waals surface area contributed by atoms with Crippen LogP contribution in [0, 0.1) is 11.3 Å². The van der Waals surface area contributed by atoms with Gasteiger partial charge in [-0.05, 0) is 69.1 Å². The van der Waals surface area contributed by atoms with Gasteiger partial charge in [0.25, 0.3) is 0 Å². The summed E-state index contributed by atoms with van der Waals surface area (Å²) in [6.07, 6.45) is 8.93. The number of hydrogen-bond donors (Lipinski definition) is 0. The molecule has 282 valence electrons. The predicted molar refractivity (Wildman–Crippen MR) is 245 cm³/mol. The van der Waals surface area contributed by atoms with Crippen LogP contribution in [-0.2, 0) is 5.41 Å². The minimum atomic E-state index is -0.223. The van der Waals surface area contributed by atoms with Crippen LogP contribution in [0.25, 0.3) is 78.0 Å². The van der Waals surface area contributed by atoms with Crippen molar-refractivity contribution in [1.29, 1.82) is 5.26 Å². The average Bonchev–Trinajstić information content (AvgIpc) is 3.60. The largest absolute Gasteiger partial charge is 0.332 e. The summed E-state index contributed by atoms with van der Waals surface area (Å²) in [5.41, 5.74) is 11.0. The Bertz CT molecular complexity index is 3180. The number of nitrogens with zero attached hydrogens (tertiary/aromatic N) is 5. The maximum absolute atomic E-state index is 10.5. The Morgan fingerprint density at radius 2 is 1.07 bits per heavy atom. The molecule has 0 saturated heterocycles. The second-order valence-corrected chi connectivity index (χ2v) is 15.7. The molecule has 0 saturated carbocycles. The molecule has 8 aromatic carbocycles. The zero-order valence-corrected chi connectivity index (χ0v) is 32.9. The van der Waals surface area contributed by atoms with Crippen molar-refractivity contribution in [3.63, 3.8) is 0 Å². The molecule has 2 aliphatic rings. The Morgan fingerprint density at radius 1 is 0.517 bits per heavy atom. The lowest BCUT2D eigenvalue weighted by Crippen LogP contribution is -2.39. The van der Waals surface area contributed by atoms with Crippen LogP contribution in [-0.4, -0.2) is 21.0 Å². The summed E-state index contributed by atoms with van der Waals surface area (Å²) in [5.74, 6) is 1.89. The minimum Gasteiger partial charge on any atom is -0.332 e. The third-order valence-electron chi connectivity index (χ3n) is 12.2. The summed E-state index contributed by atoms with van der Waals surface area (Å²) in [4.78, 5) is 17.2. The van der Waals surface area contributed by atoms with E-state index in [1.165, 1.54) is 22.0 Å². The standard InChI is InChI=1S/C55H37N5/c1-55-31-13-12-22-50(55)60(51-46-19-9-8-14-37(46)27-30-49(51)55)43-33-36(35-56)32-42(34-43)45-29-28-44(47-20-10-11-21-48(45)47)38-23-25-41(26-24-38)54-58-52(39-15-4-2-5-16-39)57-53(59-54)40-17-6-3-7-18-40/h2-34,50H,1H3. The molecule has 1 aliphatic heterocycles. The molecule has 2 unspecified atom stereocenters. The smallest absolute Gasteiger partial charge is 0.164 e. The first-order valence-corrected chi connectivity index (χ1v) is 20.3. The molecule has 0 amide bonds. The van der Waals surface area contributed by atoms with E-state index in [1.807, 2.05) is 72.8 Å². The van der Waals surface area contributed by atoms with Gasteiger partial charge in [0.2, 0.25) is 0 Å². The van der Waals surface area contributed by atoms with Crippen LogP contribution < -0.4 is 4.90 Å². The highest BCUT2D eigenvalue weighted by Gasteiger charge is 2.47. The fourth-order valence-electron chi connectivity index (χ4n) is 9.21. The van der Waals surface area contributed by atoms with Crippen LogP contribution in [0.4, 0.5) is 11.4 Å². The fraction of sp³-hybridized carbons (Fsp3) is 0.0545. The summed E-state index contributed by atoms with van der Waals surface area (Å²) in [5, 5.41) is 15.1. The van der Waals surface area contributed by atoms with Crippen LogP contribution in [0.15, 0.2) is 200 Å². The van der Waals surface area contributed by atoms with E-state index in [0.717, 1.165) is 55.4 Å². The lowest BCUT2D eigenvalue weighted by atomic mass is 9.76. The maximum atomic E-state index is 10.5. The molecule has 0 bridgehead atoms. The van der Waals surface area contributed by atoms with Gasteiger partial charge < -0.3 is 4.90 Å². The van der Waals surface area contributed by atoms with Crippen LogP contribution in [0.2, 0.25) is 0 Å². The van der Waals surface area contributed by atoms with Crippen LogP contribution in [0.1, 0.15) is 18.1 Å². The maximum Gasteiger partial charge on any atom is 0.164 e. The van der Waals surface area contributed by atoms with Crippen molar-refractivity contribution < 1.29 is 0 Å². The van der Waals surface area contributed by atoms with E-state index in [0.29, 0.717) is 23.0 Å². The number of rotatable bonds is 6.